The number of hydrogen-bond donors (Lipinski definition) is 1. The molecule has 8 heteroatoms. The first kappa shape index (κ1) is 15.8. The number of H-pyrrole nitrogens is 1. The molecule has 0 radical (unpaired) electrons. The summed E-state index contributed by atoms with van der Waals surface area (Å²) in [5, 5.41) is 0.501. The molecule has 1 heterocycles. The van der Waals surface area contributed by atoms with Crippen LogP contribution in [0.2, 0.25) is 5.02 Å². The number of ether oxygens (including phenoxy) is 1. The van der Waals surface area contributed by atoms with E-state index >= 15 is 0 Å². The Hall–Kier alpha value is -2.12. The van der Waals surface area contributed by atoms with E-state index in [2.05, 4.69) is 30.9 Å². The number of carbonyl (C=O) groups is 1. The Morgan fingerprint density at radius 2 is 2.13 bits per heavy atom. The Morgan fingerprint density at radius 1 is 1.39 bits per heavy atom. The second-order valence-corrected chi connectivity index (χ2v) is 5.75. The van der Waals surface area contributed by atoms with Crippen molar-refractivity contribution in [2.75, 3.05) is 11.0 Å². The number of hydrogen-bond acceptors (Lipinski definition) is 4. The summed E-state index contributed by atoms with van der Waals surface area (Å²) in [7, 11) is 1.24. The van der Waals surface area contributed by atoms with Gasteiger partial charge in [-0.3, -0.25) is 0 Å². The van der Waals surface area contributed by atoms with Crippen molar-refractivity contribution in [3.8, 4) is 0 Å². The van der Waals surface area contributed by atoms with Crippen LogP contribution in [0.25, 0.3) is 11.0 Å². The van der Waals surface area contributed by atoms with E-state index in [-0.39, 0.29) is 11.1 Å². The van der Waals surface area contributed by atoms with E-state index in [1.165, 1.54) is 17.1 Å². The van der Waals surface area contributed by atoms with Gasteiger partial charge in [0.05, 0.1) is 45.0 Å². The molecule has 3 aromatic rings. The molecule has 0 aliphatic heterocycles. The van der Waals surface area contributed by atoms with Crippen LogP contribution in [0.1, 0.15) is 10.4 Å². The number of rotatable bonds is 3. The highest BCUT2D eigenvalue weighted by Crippen LogP contribution is 2.34. The number of aromatic amines is 1. The van der Waals surface area contributed by atoms with Crippen LogP contribution >= 0.6 is 27.7 Å². The van der Waals surface area contributed by atoms with Gasteiger partial charge in [0.1, 0.15) is 5.52 Å². The molecule has 1 aromatic heterocycles. The number of para-hydroxylation sites is 1. The smallest absolute Gasteiger partial charge is 0.338 e. The Bertz CT molecular complexity index is 900. The van der Waals surface area contributed by atoms with E-state index in [9.17, 15) is 9.18 Å². The van der Waals surface area contributed by atoms with Gasteiger partial charge in [0.25, 0.3) is 0 Å². The summed E-state index contributed by atoms with van der Waals surface area (Å²) in [5.74, 6) is -0.914. The van der Waals surface area contributed by atoms with Crippen LogP contribution in [-0.2, 0) is 4.74 Å². The molecule has 0 spiro atoms. The number of carbonyl (C=O) groups excluding carboxylic acids is 1. The van der Waals surface area contributed by atoms with Gasteiger partial charge in [0.15, 0.2) is 5.82 Å². The predicted octanol–water partition coefficient (Wildman–Crippen LogP) is 4.59. The predicted molar refractivity (Wildman–Crippen MR) is 89.9 cm³/mol. The third-order valence-corrected chi connectivity index (χ3v) is 4.24. The lowest BCUT2D eigenvalue weighted by Gasteiger charge is -2.14. The summed E-state index contributed by atoms with van der Waals surface area (Å²) in [6.45, 7) is 0. The van der Waals surface area contributed by atoms with Crippen LogP contribution in [0.5, 0.6) is 0 Å². The molecule has 23 heavy (non-hydrogen) atoms. The molecule has 0 aliphatic rings. The average molecular weight is 399 g/mol. The zero-order chi connectivity index (χ0) is 16.6. The summed E-state index contributed by atoms with van der Waals surface area (Å²) < 4.78 is 20.3. The van der Waals surface area contributed by atoms with Crippen molar-refractivity contribution in [3.05, 3.63) is 52.8 Å². The van der Waals surface area contributed by atoms with Gasteiger partial charge in [-0.1, -0.05) is 23.7 Å². The highest BCUT2D eigenvalue weighted by Gasteiger charge is 2.18. The molecule has 0 amide bonds. The molecule has 1 N–H and O–H groups in total. The van der Waals surface area contributed by atoms with Crippen molar-refractivity contribution in [2.45, 2.75) is 0 Å². The number of halogens is 3. The molecule has 0 unspecified atom stereocenters. The molecule has 0 aliphatic carbocycles. The van der Waals surface area contributed by atoms with E-state index in [0.29, 0.717) is 22.2 Å². The van der Waals surface area contributed by atoms with Crippen LogP contribution in [-0.4, -0.2) is 23.0 Å². The normalized spacial score (nSPS) is 10.8. The monoisotopic (exact) mass is 397 g/mol. The first-order valence-corrected chi connectivity index (χ1v) is 7.58. The molecule has 118 valence electrons. The first-order valence-electron chi connectivity index (χ1n) is 6.49. The zero-order valence-corrected chi connectivity index (χ0v) is 14.2. The second kappa shape index (κ2) is 6.17. The van der Waals surface area contributed by atoms with Crippen molar-refractivity contribution in [1.82, 2.24) is 9.97 Å². The lowest BCUT2D eigenvalue weighted by atomic mass is 10.2. The number of benzene rings is 2. The largest absolute Gasteiger partial charge is 0.465 e. The van der Waals surface area contributed by atoms with Crippen molar-refractivity contribution < 1.29 is 13.9 Å². The molecule has 2 aromatic carbocycles. The molecule has 0 fully saturated rings. The van der Waals surface area contributed by atoms with Crippen LogP contribution in [0.3, 0.4) is 0 Å². The third kappa shape index (κ3) is 2.89. The SMILES string of the molecule is COC(=O)c1cc(F)c2nc(N(Br)c3ccccc3Cl)[nH]c2c1. The molecular weight excluding hydrogens is 389 g/mol. The van der Waals surface area contributed by atoms with E-state index < -0.39 is 11.8 Å². The fourth-order valence-electron chi connectivity index (χ4n) is 2.12. The van der Waals surface area contributed by atoms with Gasteiger partial charge in [-0.2, -0.15) is 0 Å². The van der Waals surface area contributed by atoms with Gasteiger partial charge in [-0.25, -0.2) is 18.1 Å². The molecule has 0 atom stereocenters. The lowest BCUT2D eigenvalue weighted by molar-refractivity contribution is 0.0600. The van der Waals surface area contributed by atoms with E-state index in [0.717, 1.165) is 6.07 Å². The topological polar surface area (TPSA) is 58.2 Å². The van der Waals surface area contributed by atoms with Gasteiger partial charge in [-0.15, -0.1) is 0 Å². The summed E-state index contributed by atoms with van der Waals surface area (Å²) >= 11 is 9.49. The lowest BCUT2D eigenvalue weighted by Crippen LogP contribution is -2.03. The molecule has 0 bridgehead atoms. The Morgan fingerprint density at radius 3 is 2.83 bits per heavy atom. The fourth-order valence-corrected chi connectivity index (χ4v) is 2.92. The zero-order valence-electron chi connectivity index (χ0n) is 11.8. The maximum absolute atomic E-state index is 14.2. The molecule has 0 saturated heterocycles. The number of nitrogens with zero attached hydrogens (tertiary/aromatic N) is 2. The first-order chi connectivity index (χ1) is 11.0. The maximum atomic E-state index is 14.2. The fraction of sp³-hybridized carbons (Fsp3) is 0.0667. The number of aromatic nitrogens is 2. The quantitative estimate of drug-likeness (QED) is 0.518. The number of nitrogens with one attached hydrogen (secondary N) is 1. The Kier molecular flexibility index (Phi) is 4.23. The molecule has 0 saturated carbocycles. The number of imidazole rings is 1. The van der Waals surface area contributed by atoms with Crippen LogP contribution in [0.15, 0.2) is 36.4 Å². The number of esters is 1. The van der Waals surface area contributed by atoms with Crippen molar-refractivity contribution >= 4 is 56.4 Å². The van der Waals surface area contributed by atoms with Gasteiger partial charge >= 0.3 is 5.97 Å². The summed E-state index contributed by atoms with van der Waals surface area (Å²) in [4.78, 5) is 18.7. The minimum Gasteiger partial charge on any atom is -0.465 e. The highest BCUT2D eigenvalue weighted by atomic mass is 79.9. The minimum atomic E-state index is -0.622. The summed E-state index contributed by atoms with van der Waals surface area (Å²) in [6, 6.07) is 9.69. The Labute approximate surface area is 144 Å². The van der Waals surface area contributed by atoms with E-state index in [1.54, 1.807) is 18.2 Å². The average Bonchev–Trinajstić information content (AvgIpc) is 2.98. The maximum Gasteiger partial charge on any atom is 0.338 e. The minimum absolute atomic E-state index is 0.103. The van der Waals surface area contributed by atoms with E-state index in [1.807, 2.05) is 6.07 Å². The second-order valence-electron chi connectivity index (χ2n) is 4.64. The molecule has 5 nitrogen and oxygen atoms in total. The highest BCUT2D eigenvalue weighted by molar-refractivity contribution is 9.10. The van der Waals surface area contributed by atoms with Gasteiger partial charge in [0, 0.05) is 0 Å². The van der Waals surface area contributed by atoms with Crippen LogP contribution in [0, 0.1) is 5.82 Å². The van der Waals surface area contributed by atoms with Crippen molar-refractivity contribution in [1.29, 1.82) is 0 Å². The van der Waals surface area contributed by atoms with Gasteiger partial charge < -0.3 is 9.72 Å². The molecular formula is C15H10BrClFN3O2. The Balaban J connectivity index is 2.08. The molecule has 3 rings (SSSR count). The van der Waals surface area contributed by atoms with Gasteiger partial charge in [-0.05, 0) is 24.3 Å². The number of fused-ring (bicyclic) bond motifs is 1. The van der Waals surface area contributed by atoms with Gasteiger partial charge in [0.2, 0.25) is 5.95 Å². The summed E-state index contributed by atoms with van der Waals surface area (Å²) in [5.41, 5.74) is 1.23. The van der Waals surface area contributed by atoms with Crippen LogP contribution < -0.4 is 3.93 Å². The standard InChI is InChI=1S/C15H10BrClFN3O2/c1-23-14(22)8-6-10(18)13-11(7-8)19-15(20-13)21(16)12-5-3-2-4-9(12)17/h2-7H,1H3,(H,19,20). The van der Waals surface area contributed by atoms with E-state index in [4.69, 9.17) is 11.6 Å². The third-order valence-electron chi connectivity index (χ3n) is 3.20. The number of methoxy groups -OCH3 is 1. The van der Waals surface area contributed by atoms with Crippen LogP contribution in [0.4, 0.5) is 16.0 Å². The van der Waals surface area contributed by atoms with Crippen molar-refractivity contribution in [2.24, 2.45) is 0 Å². The summed E-state index contributed by atoms with van der Waals surface area (Å²) in [6.07, 6.45) is 0. The van der Waals surface area contributed by atoms with Crippen molar-refractivity contribution in [3.63, 3.8) is 0 Å². The number of anilines is 2.